The van der Waals surface area contributed by atoms with Crippen LogP contribution in [0.2, 0.25) is 0 Å². The third-order valence-corrected chi connectivity index (χ3v) is 2.97. The minimum absolute atomic E-state index is 0.194. The molecule has 4 heteroatoms. The van der Waals surface area contributed by atoms with Crippen molar-refractivity contribution in [2.45, 2.75) is 36.5 Å². The Hall–Kier alpha value is -0.610. The molecule has 0 aromatic rings. The van der Waals surface area contributed by atoms with Gasteiger partial charge in [0.05, 0.1) is 4.32 Å². The van der Waals surface area contributed by atoms with E-state index < -0.39 is 11.4 Å². The van der Waals surface area contributed by atoms with Gasteiger partial charge in [-0.1, -0.05) is 28.1 Å². The number of esters is 1. The highest BCUT2D eigenvalue weighted by atomic mass is 79.9. The van der Waals surface area contributed by atoms with Crippen molar-refractivity contribution in [1.82, 2.24) is 0 Å². The molecule has 2 aliphatic rings. The third kappa shape index (κ3) is 1.88. The van der Waals surface area contributed by atoms with Crippen LogP contribution in [0.1, 0.15) is 20.8 Å². The quantitative estimate of drug-likeness (QED) is 0.386. The van der Waals surface area contributed by atoms with Crippen LogP contribution >= 0.6 is 15.9 Å². The van der Waals surface area contributed by atoms with Crippen molar-refractivity contribution >= 4 is 21.9 Å². The zero-order valence-corrected chi connectivity index (χ0v) is 10.5. The van der Waals surface area contributed by atoms with Gasteiger partial charge in [-0.25, -0.2) is 4.79 Å². The Balaban J connectivity index is 2.28. The Morgan fingerprint density at radius 3 is 2.07 bits per heavy atom. The van der Waals surface area contributed by atoms with Crippen LogP contribution in [0.5, 0.6) is 0 Å². The minimum atomic E-state index is -1.01. The molecule has 0 aromatic carbocycles. The molecule has 0 saturated carbocycles. The average Bonchev–Trinajstić information content (AvgIpc) is 2.31. The Bertz CT molecular complexity index is 350. The normalized spacial score (nSPS) is 42.3. The Labute approximate surface area is 97.3 Å². The molecule has 1 saturated heterocycles. The second-order valence-corrected chi connectivity index (χ2v) is 6.25. The molecular weight excluding hydrogens is 260 g/mol. The predicted octanol–water partition coefficient (Wildman–Crippen LogP) is 2.31. The van der Waals surface area contributed by atoms with E-state index in [2.05, 4.69) is 15.9 Å². The third-order valence-electron chi connectivity index (χ3n) is 2.44. The molecule has 82 valence electrons. The van der Waals surface area contributed by atoms with Gasteiger partial charge in [0, 0.05) is 0 Å². The van der Waals surface area contributed by atoms with Crippen LogP contribution in [0, 0.1) is 0 Å². The molecule has 1 fully saturated rings. The first-order valence-electron chi connectivity index (χ1n) is 4.78. The SMILES string of the molecule is CC1(Br)C=CC2(C=C1)OC(=O)C(C)(C)O2. The van der Waals surface area contributed by atoms with Gasteiger partial charge >= 0.3 is 5.97 Å². The standard InChI is InChI=1S/C11H13BrO3/c1-9(2)8(13)14-11(15-9)6-4-10(3,12)5-7-11/h4-7H,1-3H3. The summed E-state index contributed by atoms with van der Waals surface area (Å²) in [5.74, 6) is -1.34. The van der Waals surface area contributed by atoms with E-state index in [4.69, 9.17) is 9.47 Å². The fraction of sp³-hybridized carbons (Fsp3) is 0.545. The molecule has 15 heavy (non-hydrogen) atoms. The number of ether oxygens (including phenoxy) is 2. The Morgan fingerprint density at radius 2 is 1.67 bits per heavy atom. The van der Waals surface area contributed by atoms with Gasteiger partial charge < -0.3 is 9.47 Å². The summed E-state index contributed by atoms with van der Waals surface area (Å²) in [6.45, 7) is 5.40. The topological polar surface area (TPSA) is 35.5 Å². The number of hydrogen-bond acceptors (Lipinski definition) is 3. The van der Waals surface area contributed by atoms with Crippen LogP contribution in [-0.2, 0) is 14.3 Å². The molecule has 1 heterocycles. The molecule has 2 rings (SSSR count). The highest BCUT2D eigenvalue weighted by Crippen LogP contribution is 2.39. The average molecular weight is 273 g/mol. The molecule has 0 amide bonds. The second-order valence-electron chi connectivity index (χ2n) is 4.54. The van der Waals surface area contributed by atoms with Crippen LogP contribution in [0.15, 0.2) is 24.3 Å². The molecule has 0 aromatic heterocycles. The van der Waals surface area contributed by atoms with Crippen LogP contribution in [-0.4, -0.2) is 21.7 Å². The van der Waals surface area contributed by atoms with E-state index in [1.54, 1.807) is 26.0 Å². The van der Waals surface area contributed by atoms with Crippen molar-refractivity contribution in [2.75, 3.05) is 0 Å². The maximum absolute atomic E-state index is 11.5. The van der Waals surface area contributed by atoms with E-state index in [1.165, 1.54) is 0 Å². The summed E-state index contributed by atoms with van der Waals surface area (Å²) in [7, 11) is 0. The molecule has 1 aliphatic carbocycles. The van der Waals surface area contributed by atoms with Gasteiger partial charge in [-0.3, -0.25) is 0 Å². The first-order valence-corrected chi connectivity index (χ1v) is 5.57. The number of carbonyl (C=O) groups excluding carboxylic acids is 1. The molecule has 0 radical (unpaired) electrons. The zero-order chi connectivity index (χ0) is 11.3. The first kappa shape index (κ1) is 10.9. The van der Waals surface area contributed by atoms with Crippen LogP contribution in [0.25, 0.3) is 0 Å². The van der Waals surface area contributed by atoms with Gasteiger partial charge in [-0.2, -0.15) is 0 Å². The lowest BCUT2D eigenvalue weighted by atomic mass is 10.0. The summed E-state index contributed by atoms with van der Waals surface area (Å²) in [5, 5.41) is 0. The fourth-order valence-electron chi connectivity index (χ4n) is 1.53. The van der Waals surface area contributed by atoms with Gasteiger partial charge in [0.15, 0.2) is 5.60 Å². The number of allylic oxidation sites excluding steroid dienone is 2. The van der Waals surface area contributed by atoms with E-state index in [0.717, 1.165) is 0 Å². The number of alkyl halides is 1. The highest BCUT2D eigenvalue weighted by Gasteiger charge is 2.51. The maximum atomic E-state index is 11.5. The molecule has 3 nitrogen and oxygen atoms in total. The minimum Gasteiger partial charge on any atom is -0.423 e. The van der Waals surface area contributed by atoms with Gasteiger partial charge in [-0.15, -0.1) is 0 Å². The lowest BCUT2D eigenvalue weighted by Crippen LogP contribution is -2.33. The number of rotatable bonds is 0. The van der Waals surface area contributed by atoms with Gasteiger partial charge in [0.2, 0.25) is 0 Å². The zero-order valence-electron chi connectivity index (χ0n) is 8.91. The van der Waals surface area contributed by atoms with Crippen LogP contribution < -0.4 is 0 Å². The molecule has 0 atom stereocenters. The molecule has 1 spiro atoms. The monoisotopic (exact) mass is 272 g/mol. The number of hydrogen-bond donors (Lipinski definition) is 0. The van der Waals surface area contributed by atoms with E-state index in [9.17, 15) is 4.79 Å². The second kappa shape index (κ2) is 2.95. The van der Waals surface area contributed by atoms with Crippen molar-refractivity contribution in [2.24, 2.45) is 0 Å². The van der Waals surface area contributed by atoms with Crippen molar-refractivity contribution < 1.29 is 14.3 Å². The van der Waals surface area contributed by atoms with Gasteiger partial charge in [-0.05, 0) is 32.9 Å². The maximum Gasteiger partial charge on any atom is 0.341 e. The lowest BCUT2D eigenvalue weighted by Gasteiger charge is -2.27. The van der Waals surface area contributed by atoms with E-state index in [0.29, 0.717) is 0 Å². The lowest BCUT2D eigenvalue weighted by molar-refractivity contribution is -0.147. The van der Waals surface area contributed by atoms with Crippen molar-refractivity contribution in [3.05, 3.63) is 24.3 Å². The Kier molecular flexibility index (Phi) is 2.14. The highest BCUT2D eigenvalue weighted by molar-refractivity contribution is 9.10. The first-order chi connectivity index (χ1) is 6.75. The number of halogens is 1. The molecule has 1 aliphatic heterocycles. The largest absolute Gasteiger partial charge is 0.423 e. The van der Waals surface area contributed by atoms with Crippen molar-refractivity contribution in [1.29, 1.82) is 0 Å². The van der Waals surface area contributed by atoms with E-state index >= 15 is 0 Å². The summed E-state index contributed by atoms with van der Waals surface area (Å²) in [4.78, 5) is 11.5. The van der Waals surface area contributed by atoms with Crippen LogP contribution in [0.4, 0.5) is 0 Å². The van der Waals surface area contributed by atoms with Crippen molar-refractivity contribution in [3.63, 3.8) is 0 Å². The summed E-state index contributed by atoms with van der Waals surface area (Å²) in [6, 6.07) is 0. The summed E-state index contributed by atoms with van der Waals surface area (Å²) in [6.07, 6.45) is 7.33. The molecule has 0 unspecified atom stereocenters. The molecule has 0 N–H and O–H groups in total. The fourth-order valence-corrected chi connectivity index (χ4v) is 1.80. The van der Waals surface area contributed by atoms with Gasteiger partial charge in [0.1, 0.15) is 0 Å². The van der Waals surface area contributed by atoms with E-state index in [-0.39, 0.29) is 10.3 Å². The summed E-state index contributed by atoms with van der Waals surface area (Å²) >= 11 is 3.50. The molecule has 0 bridgehead atoms. The Morgan fingerprint density at radius 1 is 1.13 bits per heavy atom. The summed E-state index contributed by atoms with van der Waals surface area (Å²) in [5.41, 5.74) is -0.880. The van der Waals surface area contributed by atoms with Gasteiger partial charge in [0.25, 0.3) is 5.79 Å². The van der Waals surface area contributed by atoms with Crippen LogP contribution in [0.3, 0.4) is 0 Å². The molecular formula is C11H13BrO3. The number of carbonyl (C=O) groups is 1. The predicted molar refractivity (Wildman–Crippen MR) is 59.6 cm³/mol. The smallest absolute Gasteiger partial charge is 0.341 e. The van der Waals surface area contributed by atoms with Crippen molar-refractivity contribution in [3.8, 4) is 0 Å². The summed E-state index contributed by atoms with van der Waals surface area (Å²) < 4.78 is 10.7. The van der Waals surface area contributed by atoms with E-state index in [1.807, 2.05) is 19.1 Å².